The number of carbonyl (C=O) groups is 1. The molecule has 0 fully saturated rings. The van der Waals surface area contributed by atoms with Crippen LogP contribution in [0.4, 0.5) is 8.78 Å². The summed E-state index contributed by atoms with van der Waals surface area (Å²) in [7, 11) is 0. The van der Waals surface area contributed by atoms with Crippen molar-refractivity contribution in [1.82, 2.24) is 0 Å². The summed E-state index contributed by atoms with van der Waals surface area (Å²) in [4.78, 5) is 11.2. The molecule has 21 heavy (non-hydrogen) atoms. The van der Waals surface area contributed by atoms with Crippen molar-refractivity contribution in [2.45, 2.75) is 12.3 Å². The molecule has 0 spiro atoms. The van der Waals surface area contributed by atoms with E-state index in [4.69, 9.17) is 5.11 Å². The average Bonchev–Trinajstić information content (AvgIpc) is 2.48. The molecule has 4 heteroatoms. The van der Waals surface area contributed by atoms with Gasteiger partial charge < -0.3 is 5.11 Å². The number of alkyl halides is 2. The van der Waals surface area contributed by atoms with Crippen LogP contribution in [0.3, 0.4) is 0 Å². The minimum atomic E-state index is -3.22. The predicted octanol–water partition coefficient (Wildman–Crippen LogP) is 4.34. The minimum absolute atomic E-state index is 0.190. The SMILES string of the molecule is O=C(O)C(=Cc1ccccc1)CC(F)(F)c1ccccc1. The summed E-state index contributed by atoms with van der Waals surface area (Å²) < 4.78 is 28.3. The highest BCUT2D eigenvalue weighted by Gasteiger charge is 2.34. The van der Waals surface area contributed by atoms with E-state index in [1.165, 1.54) is 30.3 Å². The van der Waals surface area contributed by atoms with Gasteiger partial charge in [0.1, 0.15) is 0 Å². The van der Waals surface area contributed by atoms with Gasteiger partial charge in [-0.1, -0.05) is 60.7 Å². The van der Waals surface area contributed by atoms with Crippen molar-refractivity contribution < 1.29 is 18.7 Å². The van der Waals surface area contributed by atoms with Gasteiger partial charge >= 0.3 is 5.97 Å². The summed E-state index contributed by atoms with van der Waals surface area (Å²) in [6.45, 7) is 0. The number of carboxylic acids is 1. The second-order valence-corrected chi connectivity index (χ2v) is 4.63. The fraction of sp³-hybridized carbons (Fsp3) is 0.118. The monoisotopic (exact) mass is 288 g/mol. The van der Waals surface area contributed by atoms with Crippen LogP contribution in [-0.2, 0) is 10.7 Å². The van der Waals surface area contributed by atoms with Crippen LogP contribution in [-0.4, -0.2) is 11.1 Å². The lowest BCUT2D eigenvalue weighted by atomic mass is 9.99. The molecule has 0 bridgehead atoms. The number of aliphatic carboxylic acids is 1. The van der Waals surface area contributed by atoms with Gasteiger partial charge in [-0.25, -0.2) is 13.6 Å². The lowest BCUT2D eigenvalue weighted by molar-refractivity contribution is -0.133. The highest BCUT2D eigenvalue weighted by atomic mass is 19.3. The molecule has 0 unspecified atom stereocenters. The fourth-order valence-corrected chi connectivity index (χ4v) is 1.96. The average molecular weight is 288 g/mol. The zero-order chi connectivity index (χ0) is 15.3. The second kappa shape index (κ2) is 6.31. The van der Waals surface area contributed by atoms with Gasteiger partial charge in [-0.05, 0) is 11.6 Å². The van der Waals surface area contributed by atoms with Crippen LogP contribution in [0, 0.1) is 0 Å². The maximum absolute atomic E-state index is 14.2. The molecule has 0 aliphatic heterocycles. The third-order valence-corrected chi connectivity index (χ3v) is 3.02. The Morgan fingerprint density at radius 1 is 1.00 bits per heavy atom. The van der Waals surface area contributed by atoms with Crippen LogP contribution >= 0.6 is 0 Å². The third kappa shape index (κ3) is 3.99. The standard InChI is InChI=1S/C17H14F2O2/c18-17(19,15-9-5-2-6-10-15)12-14(16(20)21)11-13-7-3-1-4-8-13/h1-11H,12H2,(H,20,21). The Morgan fingerprint density at radius 2 is 1.52 bits per heavy atom. The Bertz CT molecular complexity index is 634. The lowest BCUT2D eigenvalue weighted by Crippen LogP contribution is -2.17. The summed E-state index contributed by atoms with van der Waals surface area (Å²) in [5.74, 6) is -4.56. The summed E-state index contributed by atoms with van der Waals surface area (Å²) in [6, 6.07) is 15.8. The molecule has 0 saturated carbocycles. The molecule has 2 aromatic rings. The summed E-state index contributed by atoms with van der Waals surface area (Å²) in [6.07, 6.45) is 0.431. The van der Waals surface area contributed by atoms with E-state index in [0.29, 0.717) is 5.56 Å². The molecule has 1 N–H and O–H groups in total. The topological polar surface area (TPSA) is 37.3 Å². The van der Waals surface area contributed by atoms with Crippen LogP contribution < -0.4 is 0 Å². The number of hydrogen-bond acceptors (Lipinski definition) is 1. The lowest BCUT2D eigenvalue weighted by Gasteiger charge is -2.17. The quantitative estimate of drug-likeness (QED) is 0.831. The number of benzene rings is 2. The van der Waals surface area contributed by atoms with Crippen LogP contribution in [0.15, 0.2) is 66.2 Å². The van der Waals surface area contributed by atoms with E-state index in [1.807, 2.05) is 0 Å². The van der Waals surface area contributed by atoms with E-state index in [0.717, 1.165) is 0 Å². The van der Waals surface area contributed by atoms with Crippen molar-refractivity contribution in [3.05, 3.63) is 77.4 Å². The van der Waals surface area contributed by atoms with E-state index in [1.54, 1.807) is 36.4 Å². The van der Waals surface area contributed by atoms with Gasteiger partial charge in [0, 0.05) is 17.6 Å². The van der Waals surface area contributed by atoms with E-state index >= 15 is 0 Å². The molecule has 0 aliphatic rings. The molecule has 0 aromatic heterocycles. The molecule has 2 nitrogen and oxygen atoms in total. The first kappa shape index (κ1) is 14.9. The van der Waals surface area contributed by atoms with E-state index in [9.17, 15) is 13.6 Å². The number of halogens is 2. The molecular formula is C17H14F2O2. The molecule has 0 atom stereocenters. The van der Waals surface area contributed by atoms with Gasteiger partial charge in [0.15, 0.2) is 0 Å². The first-order valence-corrected chi connectivity index (χ1v) is 6.41. The summed E-state index contributed by atoms with van der Waals surface area (Å²) in [5, 5.41) is 9.14. The van der Waals surface area contributed by atoms with E-state index in [2.05, 4.69) is 0 Å². The molecular weight excluding hydrogens is 274 g/mol. The number of hydrogen-bond donors (Lipinski definition) is 1. The summed E-state index contributed by atoms with van der Waals surface area (Å²) >= 11 is 0. The molecule has 108 valence electrons. The van der Waals surface area contributed by atoms with Gasteiger partial charge in [-0.3, -0.25) is 0 Å². The second-order valence-electron chi connectivity index (χ2n) is 4.63. The smallest absolute Gasteiger partial charge is 0.331 e. The molecule has 2 rings (SSSR count). The molecule has 0 amide bonds. The van der Waals surface area contributed by atoms with Crippen LogP contribution in [0.5, 0.6) is 0 Å². The fourth-order valence-electron chi connectivity index (χ4n) is 1.96. The predicted molar refractivity (Wildman–Crippen MR) is 77.0 cm³/mol. The molecule has 0 saturated heterocycles. The van der Waals surface area contributed by atoms with E-state index in [-0.39, 0.29) is 11.1 Å². The van der Waals surface area contributed by atoms with Gasteiger partial charge in [0.2, 0.25) is 0 Å². The van der Waals surface area contributed by atoms with Crippen molar-refractivity contribution >= 4 is 12.0 Å². The number of rotatable bonds is 5. The van der Waals surface area contributed by atoms with Gasteiger partial charge in [-0.2, -0.15) is 0 Å². The normalized spacial score (nSPS) is 12.2. The maximum atomic E-state index is 14.2. The zero-order valence-corrected chi connectivity index (χ0v) is 11.2. The van der Waals surface area contributed by atoms with Crippen molar-refractivity contribution in [3.8, 4) is 0 Å². The highest BCUT2D eigenvalue weighted by Crippen LogP contribution is 2.35. The first-order valence-electron chi connectivity index (χ1n) is 6.41. The third-order valence-electron chi connectivity index (χ3n) is 3.02. The maximum Gasteiger partial charge on any atom is 0.331 e. The molecule has 2 aromatic carbocycles. The van der Waals surface area contributed by atoms with Crippen LogP contribution in [0.1, 0.15) is 17.5 Å². The highest BCUT2D eigenvalue weighted by molar-refractivity contribution is 5.92. The largest absolute Gasteiger partial charge is 0.478 e. The zero-order valence-electron chi connectivity index (χ0n) is 11.2. The molecule has 0 radical (unpaired) electrons. The Labute approximate surface area is 121 Å². The van der Waals surface area contributed by atoms with Gasteiger partial charge in [0.25, 0.3) is 5.92 Å². The van der Waals surface area contributed by atoms with Crippen molar-refractivity contribution in [2.75, 3.05) is 0 Å². The minimum Gasteiger partial charge on any atom is -0.478 e. The molecule has 0 heterocycles. The van der Waals surface area contributed by atoms with Gasteiger partial charge in [0.05, 0.1) is 0 Å². The van der Waals surface area contributed by atoms with Crippen molar-refractivity contribution in [1.29, 1.82) is 0 Å². The number of carboxylic acid groups (broad SMARTS) is 1. The van der Waals surface area contributed by atoms with Crippen molar-refractivity contribution in [3.63, 3.8) is 0 Å². The Hall–Kier alpha value is -2.49. The van der Waals surface area contributed by atoms with Gasteiger partial charge in [-0.15, -0.1) is 0 Å². The van der Waals surface area contributed by atoms with Crippen molar-refractivity contribution in [2.24, 2.45) is 0 Å². The Morgan fingerprint density at radius 3 is 2.05 bits per heavy atom. The van der Waals surface area contributed by atoms with E-state index < -0.39 is 18.3 Å². The summed E-state index contributed by atoms with van der Waals surface area (Å²) in [5.41, 5.74) is 0.0685. The Kier molecular flexibility index (Phi) is 4.48. The van der Waals surface area contributed by atoms with Crippen LogP contribution in [0.25, 0.3) is 6.08 Å². The first-order chi connectivity index (χ1) is 9.99. The molecule has 0 aliphatic carbocycles. The van der Waals surface area contributed by atoms with Crippen LogP contribution in [0.2, 0.25) is 0 Å². The Balaban J connectivity index is 2.29.